The molecule has 0 saturated heterocycles. The number of fused-ring (bicyclic) bond motifs is 1. The first-order valence-corrected chi connectivity index (χ1v) is 7.21. The Bertz CT molecular complexity index is 547. The molecule has 0 saturated carbocycles. The first kappa shape index (κ1) is 11.8. The Morgan fingerprint density at radius 3 is 2.83 bits per heavy atom. The van der Waals surface area contributed by atoms with E-state index in [9.17, 15) is 0 Å². The summed E-state index contributed by atoms with van der Waals surface area (Å²) >= 11 is 3.32. The van der Waals surface area contributed by atoms with E-state index >= 15 is 0 Å². The van der Waals surface area contributed by atoms with E-state index in [0.717, 1.165) is 17.0 Å². The van der Waals surface area contributed by atoms with E-state index in [2.05, 4.69) is 39.4 Å². The second kappa shape index (κ2) is 5.19. The summed E-state index contributed by atoms with van der Waals surface area (Å²) in [4.78, 5) is 0. The van der Waals surface area contributed by atoms with Crippen LogP contribution in [0.5, 0.6) is 0 Å². The van der Waals surface area contributed by atoms with Gasteiger partial charge in [-0.05, 0) is 70.9 Å². The van der Waals surface area contributed by atoms with Crippen molar-refractivity contribution in [2.24, 2.45) is 0 Å². The van der Waals surface area contributed by atoms with E-state index in [4.69, 9.17) is 4.42 Å². The number of halogens is 1. The molecular formula is C15H16BrNO. The number of hydrogen-bond acceptors (Lipinski definition) is 2. The molecule has 0 unspecified atom stereocenters. The number of nitrogens with one attached hydrogen (secondary N) is 1. The minimum Gasteiger partial charge on any atom is -0.452 e. The lowest BCUT2D eigenvalue weighted by Crippen LogP contribution is -2.08. The molecule has 0 amide bonds. The van der Waals surface area contributed by atoms with Crippen LogP contribution in [0.25, 0.3) is 0 Å². The van der Waals surface area contributed by atoms with Crippen LogP contribution in [0.3, 0.4) is 0 Å². The lowest BCUT2D eigenvalue weighted by Gasteiger charge is -2.19. The van der Waals surface area contributed by atoms with Gasteiger partial charge in [0, 0.05) is 5.69 Å². The largest absolute Gasteiger partial charge is 0.452 e. The summed E-state index contributed by atoms with van der Waals surface area (Å²) in [5, 5.41) is 3.49. The lowest BCUT2D eigenvalue weighted by atomic mass is 9.90. The smallest absolute Gasteiger partial charge is 0.169 e. The molecule has 1 aromatic heterocycles. The fourth-order valence-corrected chi connectivity index (χ4v) is 2.92. The average molecular weight is 306 g/mol. The number of rotatable bonds is 3. The Labute approximate surface area is 116 Å². The SMILES string of the molecule is Brc1ccc(CNc2cccc3c2CCCC3)o1. The molecule has 94 valence electrons. The molecule has 3 rings (SSSR count). The summed E-state index contributed by atoms with van der Waals surface area (Å²) in [7, 11) is 0. The fourth-order valence-electron chi connectivity index (χ4n) is 2.58. The van der Waals surface area contributed by atoms with Gasteiger partial charge < -0.3 is 9.73 Å². The van der Waals surface area contributed by atoms with E-state index in [1.165, 1.54) is 42.5 Å². The van der Waals surface area contributed by atoms with Crippen LogP contribution in [0.1, 0.15) is 29.7 Å². The highest BCUT2D eigenvalue weighted by atomic mass is 79.9. The molecule has 1 aliphatic rings. The Hall–Kier alpha value is -1.22. The molecule has 1 aromatic carbocycles. The monoisotopic (exact) mass is 305 g/mol. The minimum atomic E-state index is 0.738. The van der Waals surface area contributed by atoms with Crippen molar-refractivity contribution in [2.45, 2.75) is 32.2 Å². The zero-order chi connectivity index (χ0) is 12.4. The van der Waals surface area contributed by atoms with E-state index < -0.39 is 0 Å². The minimum absolute atomic E-state index is 0.738. The van der Waals surface area contributed by atoms with Crippen molar-refractivity contribution in [3.8, 4) is 0 Å². The van der Waals surface area contributed by atoms with Gasteiger partial charge >= 0.3 is 0 Å². The molecule has 0 fully saturated rings. The van der Waals surface area contributed by atoms with E-state index in [-0.39, 0.29) is 0 Å². The van der Waals surface area contributed by atoms with Crippen LogP contribution in [0.15, 0.2) is 39.4 Å². The van der Waals surface area contributed by atoms with Gasteiger partial charge in [-0.2, -0.15) is 0 Å². The van der Waals surface area contributed by atoms with Crippen LogP contribution in [0, 0.1) is 0 Å². The molecule has 2 aromatic rings. The first-order valence-electron chi connectivity index (χ1n) is 6.42. The fraction of sp³-hybridized carbons (Fsp3) is 0.333. The second-order valence-corrected chi connectivity index (χ2v) is 5.49. The molecule has 0 aliphatic heterocycles. The molecule has 0 atom stereocenters. The third-order valence-electron chi connectivity index (χ3n) is 3.48. The van der Waals surface area contributed by atoms with Crippen LogP contribution in [-0.4, -0.2) is 0 Å². The topological polar surface area (TPSA) is 25.2 Å². The number of aryl methyl sites for hydroxylation is 1. The van der Waals surface area contributed by atoms with Crippen molar-refractivity contribution < 1.29 is 4.42 Å². The Morgan fingerprint density at radius 2 is 2.00 bits per heavy atom. The highest BCUT2D eigenvalue weighted by molar-refractivity contribution is 9.10. The summed E-state index contributed by atoms with van der Waals surface area (Å²) in [5.74, 6) is 0.954. The van der Waals surface area contributed by atoms with E-state index in [1.54, 1.807) is 0 Å². The molecule has 3 heteroatoms. The van der Waals surface area contributed by atoms with Crippen LogP contribution in [-0.2, 0) is 19.4 Å². The maximum Gasteiger partial charge on any atom is 0.169 e. The third-order valence-corrected chi connectivity index (χ3v) is 3.90. The quantitative estimate of drug-likeness (QED) is 0.901. The number of anilines is 1. The van der Waals surface area contributed by atoms with Crippen LogP contribution >= 0.6 is 15.9 Å². The Kier molecular flexibility index (Phi) is 3.41. The number of benzene rings is 1. The summed E-state index contributed by atoms with van der Waals surface area (Å²) < 4.78 is 6.29. The van der Waals surface area contributed by atoms with Gasteiger partial charge in [0.2, 0.25) is 0 Å². The van der Waals surface area contributed by atoms with Crippen molar-refractivity contribution in [3.05, 3.63) is 51.9 Å². The third kappa shape index (κ3) is 2.46. The van der Waals surface area contributed by atoms with Gasteiger partial charge in [0.25, 0.3) is 0 Å². The van der Waals surface area contributed by atoms with E-state index in [1.807, 2.05) is 12.1 Å². The van der Waals surface area contributed by atoms with Gasteiger partial charge in [0.15, 0.2) is 4.67 Å². The molecule has 1 heterocycles. The van der Waals surface area contributed by atoms with E-state index in [0.29, 0.717) is 0 Å². The summed E-state index contributed by atoms with van der Waals surface area (Å²) in [6.45, 7) is 0.738. The molecule has 0 bridgehead atoms. The maximum atomic E-state index is 5.50. The molecule has 0 radical (unpaired) electrons. The zero-order valence-electron chi connectivity index (χ0n) is 10.2. The lowest BCUT2D eigenvalue weighted by molar-refractivity contribution is 0.495. The predicted octanol–water partition coefficient (Wildman–Crippen LogP) is 4.53. The Balaban J connectivity index is 1.76. The molecule has 2 nitrogen and oxygen atoms in total. The van der Waals surface area contributed by atoms with Crippen LogP contribution in [0.2, 0.25) is 0 Å². The van der Waals surface area contributed by atoms with Gasteiger partial charge in [0.1, 0.15) is 5.76 Å². The summed E-state index contributed by atoms with van der Waals surface area (Å²) in [6.07, 6.45) is 5.04. The van der Waals surface area contributed by atoms with Gasteiger partial charge in [-0.15, -0.1) is 0 Å². The molecule has 1 N–H and O–H groups in total. The maximum absolute atomic E-state index is 5.50. The standard InChI is InChI=1S/C15H16BrNO/c16-15-9-8-12(18-15)10-17-14-7-3-5-11-4-1-2-6-13(11)14/h3,5,7-9,17H,1-2,4,6,10H2. The highest BCUT2D eigenvalue weighted by Crippen LogP contribution is 2.28. The molecule has 0 spiro atoms. The van der Waals surface area contributed by atoms with Gasteiger partial charge in [-0.1, -0.05) is 12.1 Å². The predicted molar refractivity (Wildman–Crippen MR) is 76.8 cm³/mol. The van der Waals surface area contributed by atoms with Crippen molar-refractivity contribution in [3.63, 3.8) is 0 Å². The van der Waals surface area contributed by atoms with Crippen molar-refractivity contribution >= 4 is 21.6 Å². The van der Waals surface area contributed by atoms with Crippen molar-refractivity contribution in [2.75, 3.05) is 5.32 Å². The summed E-state index contributed by atoms with van der Waals surface area (Å²) in [6, 6.07) is 10.5. The Morgan fingerprint density at radius 1 is 1.11 bits per heavy atom. The number of hydrogen-bond donors (Lipinski definition) is 1. The zero-order valence-corrected chi connectivity index (χ0v) is 11.8. The number of furan rings is 1. The van der Waals surface area contributed by atoms with Gasteiger partial charge in [-0.25, -0.2) is 0 Å². The average Bonchev–Trinajstić information content (AvgIpc) is 2.82. The van der Waals surface area contributed by atoms with Crippen molar-refractivity contribution in [1.82, 2.24) is 0 Å². The second-order valence-electron chi connectivity index (χ2n) is 4.71. The van der Waals surface area contributed by atoms with Gasteiger partial charge in [-0.3, -0.25) is 0 Å². The molecule has 1 aliphatic carbocycles. The van der Waals surface area contributed by atoms with Crippen LogP contribution < -0.4 is 5.32 Å². The van der Waals surface area contributed by atoms with Crippen molar-refractivity contribution in [1.29, 1.82) is 0 Å². The van der Waals surface area contributed by atoms with Gasteiger partial charge in [0.05, 0.1) is 6.54 Å². The first-order chi connectivity index (χ1) is 8.83. The molecular weight excluding hydrogens is 290 g/mol. The highest BCUT2D eigenvalue weighted by Gasteiger charge is 2.12. The van der Waals surface area contributed by atoms with Crippen LogP contribution in [0.4, 0.5) is 5.69 Å². The molecule has 18 heavy (non-hydrogen) atoms. The summed E-state index contributed by atoms with van der Waals surface area (Å²) in [5.41, 5.74) is 4.26. The normalized spacial score (nSPS) is 14.3.